The molecule has 0 spiro atoms. The molecule has 0 fully saturated rings. The molecule has 0 saturated carbocycles. The van der Waals surface area contributed by atoms with Crippen molar-refractivity contribution in [2.75, 3.05) is 20.7 Å². The first kappa shape index (κ1) is 11.6. The van der Waals surface area contributed by atoms with Gasteiger partial charge in [-0.2, -0.15) is 0 Å². The second kappa shape index (κ2) is 10.8. The number of aliphatic hydroxyl groups excluding tert-OH is 1. The Kier molecular flexibility index (Phi) is 14.0. The fourth-order valence-corrected chi connectivity index (χ4v) is 0.241. The van der Waals surface area contributed by atoms with Crippen molar-refractivity contribution in [3.8, 4) is 0 Å². The summed E-state index contributed by atoms with van der Waals surface area (Å²) in [5.41, 5.74) is 0. The fraction of sp³-hybridized carbons (Fsp3) is 1.00. The van der Waals surface area contributed by atoms with E-state index in [2.05, 4.69) is 10.1 Å². The van der Waals surface area contributed by atoms with Crippen molar-refractivity contribution in [3.05, 3.63) is 0 Å². The van der Waals surface area contributed by atoms with Crippen molar-refractivity contribution >= 4 is 0 Å². The normalized spacial score (nSPS) is 11.7. The topological polar surface area (TPSA) is 41.5 Å². The van der Waals surface area contributed by atoms with Crippen LogP contribution < -0.4 is 5.32 Å². The number of aliphatic hydroxyl groups is 1. The summed E-state index contributed by atoms with van der Waals surface area (Å²) < 4.78 is 4.60. The Morgan fingerprint density at radius 2 is 1.89 bits per heavy atom. The second-order valence-electron chi connectivity index (χ2n) is 1.55. The zero-order chi connectivity index (χ0) is 7.70. The number of rotatable bonds is 2. The lowest BCUT2D eigenvalue weighted by Gasteiger charge is -1.99. The molecule has 0 aliphatic heterocycles. The van der Waals surface area contributed by atoms with Crippen LogP contribution in [0.4, 0.5) is 0 Å². The quantitative estimate of drug-likeness (QED) is 0.531. The highest BCUT2D eigenvalue weighted by atomic mass is 16.6. The van der Waals surface area contributed by atoms with Crippen LogP contribution in [-0.2, 0) is 4.74 Å². The number of hydrogen-bond acceptors (Lipinski definition) is 3. The predicted molar refractivity (Wildman–Crippen MR) is 38.3 cm³/mol. The van der Waals surface area contributed by atoms with Crippen molar-refractivity contribution in [2.45, 2.75) is 20.1 Å². The van der Waals surface area contributed by atoms with Gasteiger partial charge in [0, 0.05) is 6.61 Å². The second-order valence-corrected chi connectivity index (χ2v) is 1.55. The van der Waals surface area contributed by atoms with Crippen LogP contribution in [0.2, 0.25) is 0 Å². The van der Waals surface area contributed by atoms with Crippen molar-refractivity contribution in [1.29, 1.82) is 0 Å². The Hall–Kier alpha value is -0.120. The molecule has 0 aromatic heterocycles. The molecule has 0 heterocycles. The predicted octanol–water partition coefficient (Wildman–Crippen LogP) is 0.197. The van der Waals surface area contributed by atoms with E-state index in [4.69, 9.17) is 5.11 Å². The molecule has 1 atom stereocenters. The van der Waals surface area contributed by atoms with E-state index < -0.39 is 6.29 Å². The summed E-state index contributed by atoms with van der Waals surface area (Å²) in [7, 11) is 3.75. The van der Waals surface area contributed by atoms with Gasteiger partial charge in [-0.25, -0.2) is 0 Å². The third kappa shape index (κ3) is 32.8. The summed E-state index contributed by atoms with van der Waals surface area (Å²) >= 11 is 0. The average Bonchev–Trinajstić information content (AvgIpc) is 1.67. The first-order valence-corrected chi connectivity index (χ1v) is 3.07. The first-order chi connectivity index (χ1) is 4.18. The molecule has 2 N–H and O–H groups in total. The van der Waals surface area contributed by atoms with Gasteiger partial charge in [-0.1, -0.05) is 0 Å². The van der Waals surface area contributed by atoms with Gasteiger partial charge in [-0.05, 0) is 27.9 Å². The van der Waals surface area contributed by atoms with Crippen LogP contribution in [0.15, 0.2) is 0 Å². The highest BCUT2D eigenvalue weighted by Gasteiger charge is 1.85. The van der Waals surface area contributed by atoms with Gasteiger partial charge in [0.25, 0.3) is 0 Å². The molecular weight excluding hydrogens is 118 g/mol. The van der Waals surface area contributed by atoms with Crippen LogP contribution in [0.1, 0.15) is 13.8 Å². The first-order valence-electron chi connectivity index (χ1n) is 3.07. The van der Waals surface area contributed by atoms with Crippen LogP contribution in [0.5, 0.6) is 0 Å². The highest BCUT2D eigenvalue weighted by Crippen LogP contribution is 1.78. The van der Waals surface area contributed by atoms with Gasteiger partial charge in [0.05, 0.1) is 0 Å². The average molecular weight is 135 g/mol. The van der Waals surface area contributed by atoms with E-state index in [-0.39, 0.29) is 0 Å². The Morgan fingerprint density at radius 3 is 1.89 bits per heavy atom. The minimum absolute atomic E-state index is 0.581. The Balaban J connectivity index is 0. The zero-order valence-corrected chi connectivity index (χ0v) is 6.64. The molecule has 0 saturated heterocycles. The minimum atomic E-state index is -0.602. The van der Waals surface area contributed by atoms with Gasteiger partial charge < -0.3 is 15.2 Å². The van der Waals surface area contributed by atoms with Crippen molar-refractivity contribution in [2.24, 2.45) is 0 Å². The van der Waals surface area contributed by atoms with Crippen molar-refractivity contribution in [1.82, 2.24) is 5.32 Å². The summed E-state index contributed by atoms with van der Waals surface area (Å²) in [5.74, 6) is 0. The van der Waals surface area contributed by atoms with E-state index >= 15 is 0 Å². The number of ether oxygens (including phenoxy) is 1. The minimum Gasteiger partial charge on any atom is -0.368 e. The molecule has 0 aromatic rings. The van der Waals surface area contributed by atoms with Crippen molar-refractivity contribution in [3.63, 3.8) is 0 Å². The molecule has 0 aliphatic rings. The van der Waals surface area contributed by atoms with E-state index in [0.29, 0.717) is 6.61 Å². The van der Waals surface area contributed by atoms with Gasteiger partial charge in [0.2, 0.25) is 0 Å². The Labute approximate surface area is 57.0 Å². The van der Waals surface area contributed by atoms with Gasteiger partial charge >= 0.3 is 0 Å². The van der Waals surface area contributed by atoms with E-state index in [1.54, 1.807) is 6.92 Å². The molecule has 0 bridgehead atoms. The van der Waals surface area contributed by atoms with Crippen molar-refractivity contribution < 1.29 is 9.84 Å². The highest BCUT2D eigenvalue weighted by molar-refractivity contribution is 4.17. The molecule has 0 radical (unpaired) electrons. The maximum Gasteiger partial charge on any atom is 0.151 e. The third-order valence-electron chi connectivity index (χ3n) is 0.408. The molecule has 0 amide bonds. The maximum atomic E-state index is 8.33. The maximum absolute atomic E-state index is 8.33. The molecule has 9 heavy (non-hydrogen) atoms. The standard InChI is InChI=1S/C4H10O2.C2H7N/c1-3-6-4(2)5;1-3-2/h4-5H,3H2,1-2H3;3H,1-2H3. The number of hydrogen-bond donors (Lipinski definition) is 2. The monoisotopic (exact) mass is 135 g/mol. The fourth-order valence-electron chi connectivity index (χ4n) is 0.241. The summed E-state index contributed by atoms with van der Waals surface area (Å²) in [6.07, 6.45) is -0.602. The lowest BCUT2D eigenvalue weighted by Crippen LogP contribution is -2.04. The van der Waals surface area contributed by atoms with Gasteiger partial charge in [-0.3, -0.25) is 0 Å². The molecule has 1 unspecified atom stereocenters. The van der Waals surface area contributed by atoms with E-state index in [1.807, 2.05) is 21.0 Å². The van der Waals surface area contributed by atoms with E-state index in [0.717, 1.165) is 0 Å². The molecule has 0 aromatic carbocycles. The summed E-state index contributed by atoms with van der Waals surface area (Å²) in [4.78, 5) is 0. The van der Waals surface area contributed by atoms with Crippen LogP contribution >= 0.6 is 0 Å². The van der Waals surface area contributed by atoms with Gasteiger partial charge in [0.15, 0.2) is 6.29 Å². The Morgan fingerprint density at radius 1 is 1.56 bits per heavy atom. The summed E-state index contributed by atoms with van der Waals surface area (Å²) in [6, 6.07) is 0. The summed E-state index contributed by atoms with van der Waals surface area (Å²) in [5, 5.41) is 11.1. The molecule has 0 aliphatic carbocycles. The zero-order valence-electron chi connectivity index (χ0n) is 6.64. The largest absolute Gasteiger partial charge is 0.368 e. The Bertz CT molecular complexity index is 40.0. The third-order valence-corrected chi connectivity index (χ3v) is 0.408. The van der Waals surface area contributed by atoms with Crippen LogP contribution in [0, 0.1) is 0 Å². The molecule has 0 rings (SSSR count). The summed E-state index contributed by atoms with van der Waals surface area (Å²) in [6.45, 7) is 4.01. The SMILES string of the molecule is CCOC(C)O.CNC. The van der Waals surface area contributed by atoms with Crippen LogP contribution in [0.25, 0.3) is 0 Å². The number of nitrogens with one attached hydrogen (secondary N) is 1. The lowest BCUT2D eigenvalue weighted by molar-refractivity contribution is -0.0800. The molecule has 3 heteroatoms. The molecular formula is C6H17NO2. The molecule has 3 nitrogen and oxygen atoms in total. The molecule has 58 valence electrons. The van der Waals surface area contributed by atoms with E-state index in [1.165, 1.54) is 0 Å². The van der Waals surface area contributed by atoms with Crippen LogP contribution in [-0.4, -0.2) is 32.1 Å². The van der Waals surface area contributed by atoms with E-state index in [9.17, 15) is 0 Å². The smallest absolute Gasteiger partial charge is 0.151 e. The van der Waals surface area contributed by atoms with Gasteiger partial charge in [0.1, 0.15) is 0 Å². The van der Waals surface area contributed by atoms with Crippen LogP contribution in [0.3, 0.4) is 0 Å². The lowest BCUT2D eigenvalue weighted by atomic mass is 10.7. The van der Waals surface area contributed by atoms with Gasteiger partial charge in [-0.15, -0.1) is 0 Å².